The fourth-order valence-corrected chi connectivity index (χ4v) is 7.73. The summed E-state index contributed by atoms with van der Waals surface area (Å²) in [6.07, 6.45) is 6.82. The largest absolute Gasteiger partial charge is 0.477 e. The Morgan fingerprint density at radius 1 is 0.922 bits per heavy atom. The number of benzene rings is 2. The molecule has 6 rings (SSSR count). The zero-order valence-corrected chi connectivity index (χ0v) is 31.4. The number of carbonyl (C=O) groups excluding carboxylic acids is 1. The molecule has 0 bridgehead atoms. The molecule has 2 aromatic carbocycles. The lowest BCUT2D eigenvalue weighted by Crippen LogP contribution is -2.60. The van der Waals surface area contributed by atoms with Crippen molar-refractivity contribution in [1.29, 1.82) is 0 Å². The minimum atomic E-state index is -3.05. The Morgan fingerprint density at radius 2 is 1.57 bits per heavy atom. The average Bonchev–Trinajstić information content (AvgIpc) is 3.36. The van der Waals surface area contributed by atoms with Gasteiger partial charge in [-0.15, -0.1) is 0 Å². The van der Waals surface area contributed by atoms with E-state index in [1.807, 2.05) is 86.3 Å². The van der Waals surface area contributed by atoms with E-state index in [0.29, 0.717) is 73.0 Å². The first-order chi connectivity index (χ1) is 24.3. The highest BCUT2D eigenvalue weighted by molar-refractivity contribution is 7.90. The van der Waals surface area contributed by atoms with E-state index < -0.39 is 20.9 Å². The molecule has 0 N–H and O–H groups in total. The third-order valence-electron chi connectivity index (χ3n) is 9.77. The predicted octanol–water partition coefficient (Wildman–Crippen LogP) is 6.31. The number of nitrogens with zero attached hydrogens (tertiary/aromatic N) is 7. The lowest BCUT2D eigenvalue weighted by Gasteiger charge is -2.47. The standard InChI is InChI=1S/C37H41Cl2N7O4S/c1-5-50-34-31(25-41-32(42-34)26-8-6-17-40-24-26)33-43-36(2,27-9-13-29(38)14-10-27)37(3,28-11-15-30(39)16-12-28)46(33)35(47)45-21-19-44(20-22-45)18-7-23-51(4,48)49/h6,8-17,24-25H,5,7,18-23H2,1-4H3/t36-,37+/m0/s1. The van der Waals surface area contributed by atoms with Crippen LogP contribution in [0.15, 0.2) is 84.2 Å². The number of aliphatic imine (C=N–C) groups is 1. The molecule has 2 aliphatic heterocycles. The average molecular weight is 751 g/mol. The molecule has 4 heterocycles. The van der Waals surface area contributed by atoms with Crippen LogP contribution in [0.1, 0.15) is 43.9 Å². The molecular formula is C37H41Cl2N7O4S. The van der Waals surface area contributed by atoms with Crippen molar-refractivity contribution in [2.75, 3.05) is 51.3 Å². The van der Waals surface area contributed by atoms with Crippen LogP contribution in [0.5, 0.6) is 5.88 Å². The van der Waals surface area contributed by atoms with Gasteiger partial charge >= 0.3 is 6.03 Å². The number of piperazine rings is 1. The van der Waals surface area contributed by atoms with Gasteiger partial charge in [0, 0.05) is 66.6 Å². The highest BCUT2D eigenvalue weighted by Gasteiger charge is 2.60. The van der Waals surface area contributed by atoms with Gasteiger partial charge in [-0.25, -0.2) is 18.2 Å². The quantitative estimate of drug-likeness (QED) is 0.185. The molecule has 1 saturated heterocycles. The highest BCUT2D eigenvalue weighted by atomic mass is 35.5. The fraction of sp³-hybridized carbons (Fsp3) is 0.378. The SMILES string of the molecule is CCOc1nc(-c2cccnc2)ncc1C1=N[C@@](C)(c2ccc(Cl)cc2)[C@@](C)(c2ccc(Cl)cc2)N1C(=O)N1CCN(CCCS(C)(=O)=O)CC1. The number of sulfone groups is 1. The Hall–Kier alpha value is -4.10. The summed E-state index contributed by atoms with van der Waals surface area (Å²) in [4.78, 5) is 40.1. The summed E-state index contributed by atoms with van der Waals surface area (Å²) in [5.41, 5.74) is 0.735. The second-order valence-electron chi connectivity index (χ2n) is 13.1. The molecule has 0 radical (unpaired) electrons. The Morgan fingerprint density at radius 3 is 2.16 bits per heavy atom. The van der Waals surface area contributed by atoms with E-state index in [4.69, 9.17) is 42.9 Å². The van der Waals surface area contributed by atoms with E-state index in [-0.39, 0.29) is 17.7 Å². The molecule has 1 fully saturated rings. The molecule has 14 heteroatoms. The molecular weight excluding hydrogens is 709 g/mol. The molecule has 11 nitrogen and oxygen atoms in total. The number of amides is 2. The van der Waals surface area contributed by atoms with Crippen LogP contribution >= 0.6 is 23.2 Å². The van der Waals surface area contributed by atoms with Crippen LogP contribution in [0.2, 0.25) is 10.0 Å². The van der Waals surface area contributed by atoms with Crippen LogP contribution in [0.4, 0.5) is 4.79 Å². The molecule has 0 unspecified atom stereocenters. The number of carbonyl (C=O) groups is 1. The van der Waals surface area contributed by atoms with E-state index in [1.165, 1.54) is 6.26 Å². The number of rotatable bonds is 10. The molecule has 2 aromatic heterocycles. The van der Waals surface area contributed by atoms with Crippen molar-refractivity contribution in [2.45, 2.75) is 38.3 Å². The van der Waals surface area contributed by atoms with E-state index in [2.05, 4.69) is 9.88 Å². The van der Waals surface area contributed by atoms with Gasteiger partial charge in [0.25, 0.3) is 0 Å². The van der Waals surface area contributed by atoms with E-state index >= 15 is 4.79 Å². The topological polar surface area (TPSA) is 121 Å². The fourth-order valence-electron chi connectivity index (χ4n) is 6.82. The van der Waals surface area contributed by atoms with Crippen LogP contribution in [-0.4, -0.2) is 101 Å². The van der Waals surface area contributed by atoms with Gasteiger partial charge in [0.15, 0.2) is 5.82 Å². The Balaban J connectivity index is 1.48. The Kier molecular flexibility index (Phi) is 10.7. The third-order valence-corrected chi connectivity index (χ3v) is 11.3. The minimum absolute atomic E-state index is 0.131. The highest BCUT2D eigenvalue weighted by Crippen LogP contribution is 2.54. The van der Waals surface area contributed by atoms with Gasteiger partial charge in [-0.2, -0.15) is 4.98 Å². The lowest BCUT2D eigenvalue weighted by atomic mass is 9.71. The van der Waals surface area contributed by atoms with Crippen LogP contribution in [-0.2, 0) is 20.9 Å². The molecule has 2 atom stereocenters. The summed E-state index contributed by atoms with van der Waals surface area (Å²) in [6.45, 7) is 8.98. The second kappa shape index (κ2) is 14.9. The van der Waals surface area contributed by atoms with Gasteiger partial charge in [-0.05, 0) is 81.3 Å². The van der Waals surface area contributed by atoms with Crippen molar-refractivity contribution in [3.8, 4) is 17.3 Å². The number of amidine groups is 1. The molecule has 0 spiro atoms. The number of ether oxygens (including phenoxy) is 1. The van der Waals surface area contributed by atoms with Crippen molar-refractivity contribution in [3.05, 3.63) is 106 Å². The Bertz CT molecular complexity index is 2010. The smallest absolute Gasteiger partial charge is 0.326 e. The molecule has 4 aromatic rings. The van der Waals surface area contributed by atoms with Gasteiger partial charge in [0.05, 0.1) is 17.9 Å². The molecule has 2 aliphatic rings. The van der Waals surface area contributed by atoms with E-state index in [1.54, 1.807) is 23.5 Å². The van der Waals surface area contributed by atoms with Crippen molar-refractivity contribution in [2.24, 2.45) is 4.99 Å². The van der Waals surface area contributed by atoms with Crippen molar-refractivity contribution in [1.82, 2.24) is 29.7 Å². The maximum Gasteiger partial charge on any atom is 0.326 e. The number of hydrogen-bond acceptors (Lipinski definition) is 9. The summed E-state index contributed by atoms with van der Waals surface area (Å²) in [5, 5.41) is 1.15. The summed E-state index contributed by atoms with van der Waals surface area (Å²) in [7, 11) is -3.05. The summed E-state index contributed by atoms with van der Waals surface area (Å²) < 4.78 is 29.6. The van der Waals surface area contributed by atoms with Gasteiger partial charge in [0.2, 0.25) is 5.88 Å². The van der Waals surface area contributed by atoms with Crippen molar-refractivity contribution < 1.29 is 17.9 Å². The number of hydrogen-bond donors (Lipinski definition) is 0. The van der Waals surface area contributed by atoms with E-state index in [0.717, 1.165) is 16.7 Å². The second-order valence-corrected chi connectivity index (χ2v) is 16.2. The monoisotopic (exact) mass is 749 g/mol. The van der Waals surface area contributed by atoms with E-state index in [9.17, 15) is 8.42 Å². The third kappa shape index (κ3) is 7.46. The first kappa shape index (κ1) is 36.7. The first-order valence-electron chi connectivity index (χ1n) is 16.9. The molecule has 2 amide bonds. The summed E-state index contributed by atoms with van der Waals surface area (Å²) in [6, 6.07) is 18.5. The summed E-state index contributed by atoms with van der Waals surface area (Å²) in [5.74, 6) is 1.22. The van der Waals surface area contributed by atoms with Crippen LogP contribution < -0.4 is 4.74 Å². The van der Waals surface area contributed by atoms with Gasteiger partial charge < -0.3 is 9.64 Å². The first-order valence-corrected chi connectivity index (χ1v) is 19.7. The molecule has 0 aliphatic carbocycles. The zero-order valence-electron chi connectivity index (χ0n) is 29.1. The maximum absolute atomic E-state index is 15.2. The van der Waals surface area contributed by atoms with Crippen molar-refractivity contribution >= 4 is 44.9 Å². The number of aromatic nitrogens is 3. The minimum Gasteiger partial charge on any atom is -0.477 e. The van der Waals surface area contributed by atoms with Gasteiger partial charge in [-0.1, -0.05) is 47.5 Å². The van der Waals surface area contributed by atoms with Crippen molar-refractivity contribution in [3.63, 3.8) is 0 Å². The Labute approximate surface area is 309 Å². The summed E-state index contributed by atoms with van der Waals surface area (Å²) >= 11 is 12.8. The number of urea groups is 1. The normalized spacial score (nSPS) is 21.1. The zero-order chi connectivity index (χ0) is 36.4. The number of halogens is 2. The van der Waals surface area contributed by atoms with Crippen LogP contribution in [0.3, 0.4) is 0 Å². The predicted molar refractivity (Wildman–Crippen MR) is 200 cm³/mol. The maximum atomic E-state index is 15.2. The van der Waals surface area contributed by atoms with Gasteiger partial charge in [0.1, 0.15) is 26.8 Å². The van der Waals surface area contributed by atoms with Crippen LogP contribution in [0, 0.1) is 0 Å². The van der Waals surface area contributed by atoms with Gasteiger partial charge in [-0.3, -0.25) is 19.8 Å². The number of pyridine rings is 1. The molecule has 268 valence electrons. The molecule has 51 heavy (non-hydrogen) atoms. The molecule has 0 saturated carbocycles. The van der Waals surface area contributed by atoms with Crippen LogP contribution in [0.25, 0.3) is 11.4 Å². The lowest BCUT2D eigenvalue weighted by molar-refractivity contribution is 0.0868.